The average molecular weight is 446 g/mol. The number of hydrogen-bond donors (Lipinski definition) is 0. The minimum absolute atomic E-state index is 0.141. The van der Waals surface area contributed by atoms with E-state index in [-0.39, 0.29) is 23.3 Å². The molecule has 0 aliphatic carbocycles. The highest BCUT2D eigenvalue weighted by Crippen LogP contribution is 2.36. The average Bonchev–Trinajstić information content (AvgIpc) is 3.39. The largest absolute Gasteiger partial charge is 0.493 e. The highest BCUT2D eigenvalue weighted by molar-refractivity contribution is 6.33. The maximum absolute atomic E-state index is 13.3. The van der Waals surface area contributed by atoms with Crippen molar-refractivity contribution in [3.05, 3.63) is 53.1 Å². The second-order valence-electron chi connectivity index (χ2n) is 7.17. The quantitative estimate of drug-likeness (QED) is 0.517. The molecule has 1 fully saturated rings. The van der Waals surface area contributed by atoms with E-state index < -0.39 is 5.82 Å². The van der Waals surface area contributed by atoms with Gasteiger partial charge in [0.05, 0.1) is 30.3 Å². The lowest BCUT2D eigenvalue weighted by molar-refractivity contribution is -0.117. The summed E-state index contributed by atoms with van der Waals surface area (Å²) in [5.41, 5.74) is 1.17. The number of halogens is 2. The zero-order chi connectivity index (χ0) is 22.0. The first-order valence-corrected chi connectivity index (χ1v) is 10.3. The van der Waals surface area contributed by atoms with Crippen LogP contribution in [0.15, 0.2) is 40.9 Å². The summed E-state index contributed by atoms with van der Waals surface area (Å²) in [4.78, 5) is 18.5. The lowest BCUT2D eigenvalue weighted by Crippen LogP contribution is -2.24. The van der Waals surface area contributed by atoms with Crippen molar-refractivity contribution in [1.82, 2.24) is 10.1 Å². The second kappa shape index (κ2) is 8.93. The van der Waals surface area contributed by atoms with E-state index >= 15 is 0 Å². The van der Waals surface area contributed by atoms with Gasteiger partial charge in [0.25, 0.3) is 0 Å². The first-order chi connectivity index (χ1) is 15.0. The van der Waals surface area contributed by atoms with Crippen LogP contribution in [0.25, 0.3) is 11.4 Å². The van der Waals surface area contributed by atoms with Gasteiger partial charge in [-0.15, -0.1) is 0 Å². The molecule has 0 spiro atoms. The second-order valence-corrected chi connectivity index (χ2v) is 7.58. The zero-order valence-corrected chi connectivity index (χ0v) is 17.9. The summed E-state index contributed by atoms with van der Waals surface area (Å²) in [5, 5.41) is 4.24. The van der Waals surface area contributed by atoms with Crippen molar-refractivity contribution in [2.45, 2.75) is 25.7 Å². The van der Waals surface area contributed by atoms with Crippen LogP contribution in [-0.4, -0.2) is 36.3 Å². The van der Waals surface area contributed by atoms with Crippen LogP contribution in [-0.2, 0) is 4.79 Å². The number of methoxy groups -OCH3 is 1. The number of amides is 1. The van der Waals surface area contributed by atoms with Gasteiger partial charge in [-0.05, 0) is 42.8 Å². The van der Waals surface area contributed by atoms with Gasteiger partial charge < -0.3 is 18.9 Å². The number of carbonyl (C=O) groups excluding carboxylic acids is 1. The van der Waals surface area contributed by atoms with Gasteiger partial charge in [0.15, 0.2) is 11.5 Å². The Labute approximate surface area is 183 Å². The molecule has 1 aliphatic heterocycles. The van der Waals surface area contributed by atoms with E-state index in [1.807, 2.05) is 13.0 Å². The predicted octanol–water partition coefficient (Wildman–Crippen LogP) is 4.85. The fourth-order valence-corrected chi connectivity index (χ4v) is 3.73. The molecule has 4 rings (SSSR count). The van der Waals surface area contributed by atoms with Crippen LogP contribution in [0.3, 0.4) is 0 Å². The van der Waals surface area contributed by atoms with E-state index in [0.29, 0.717) is 47.6 Å². The minimum atomic E-state index is -0.458. The molecule has 2 heterocycles. The molecule has 7 nitrogen and oxygen atoms in total. The van der Waals surface area contributed by atoms with Gasteiger partial charge in [0, 0.05) is 18.5 Å². The first-order valence-electron chi connectivity index (χ1n) is 9.90. The first kappa shape index (κ1) is 21.1. The molecule has 31 heavy (non-hydrogen) atoms. The highest BCUT2D eigenvalue weighted by atomic mass is 35.5. The van der Waals surface area contributed by atoms with E-state index in [2.05, 4.69) is 10.1 Å². The number of rotatable bonds is 7. The number of carbonyl (C=O) groups is 1. The Kier molecular flexibility index (Phi) is 6.08. The molecule has 9 heteroatoms. The van der Waals surface area contributed by atoms with Crippen LogP contribution < -0.4 is 14.4 Å². The molecule has 0 radical (unpaired) electrons. The van der Waals surface area contributed by atoms with Gasteiger partial charge in [-0.1, -0.05) is 23.7 Å². The van der Waals surface area contributed by atoms with Gasteiger partial charge >= 0.3 is 0 Å². The maximum Gasteiger partial charge on any atom is 0.232 e. The molecule has 0 saturated carbocycles. The van der Waals surface area contributed by atoms with Gasteiger partial charge in [-0.25, -0.2) is 4.39 Å². The van der Waals surface area contributed by atoms with E-state index in [9.17, 15) is 9.18 Å². The van der Waals surface area contributed by atoms with Crippen LogP contribution in [0.4, 0.5) is 10.1 Å². The summed E-state index contributed by atoms with van der Waals surface area (Å²) in [6, 6.07) is 9.36. The summed E-state index contributed by atoms with van der Waals surface area (Å²) in [6.07, 6.45) is 1.09. The van der Waals surface area contributed by atoms with Crippen molar-refractivity contribution < 1.29 is 23.2 Å². The van der Waals surface area contributed by atoms with Crippen LogP contribution in [0, 0.1) is 5.82 Å². The fraction of sp³-hybridized carbons (Fsp3) is 0.318. The molecule has 1 amide bonds. The number of hydrogen-bond acceptors (Lipinski definition) is 6. The Bertz CT molecular complexity index is 1100. The monoisotopic (exact) mass is 445 g/mol. The zero-order valence-electron chi connectivity index (χ0n) is 17.1. The molecular weight excluding hydrogens is 425 g/mol. The number of nitrogens with zero attached hydrogens (tertiary/aromatic N) is 3. The van der Waals surface area contributed by atoms with Crippen LogP contribution >= 0.6 is 11.6 Å². The topological polar surface area (TPSA) is 77.7 Å². The number of anilines is 1. The normalized spacial score (nSPS) is 16.1. The van der Waals surface area contributed by atoms with E-state index in [1.54, 1.807) is 19.2 Å². The molecule has 0 bridgehead atoms. The van der Waals surface area contributed by atoms with Crippen molar-refractivity contribution in [1.29, 1.82) is 0 Å². The number of ether oxygens (including phenoxy) is 2. The number of benzene rings is 2. The third-order valence-corrected chi connectivity index (χ3v) is 5.30. The molecule has 1 saturated heterocycles. The summed E-state index contributed by atoms with van der Waals surface area (Å²) in [6.45, 7) is 2.94. The number of aromatic nitrogens is 2. The molecule has 1 aliphatic rings. The van der Waals surface area contributed by atoms with Gasteiger partial charge in [-0.2, -0.15) is 4.98 Å². The molecule has 2 aromatic carbocycles. The standard InChI is InChI=1S/C22H21ClFN3O4/c1-3-8-30-18-7-4-13(9-19(18)29-2)21-25-22(31-26-21)14-10-20(28)27(12-14)17-6-5-15(24)11-16(17)23/h4-7,9,11,14H,3,8,10,12H2,1-2H3. The van der Waals surface area contributed by atoms with Crippen molar-refractivity contribution in [3.8, 4) is 22.9 Å². The van der Waals surface area contributed by atoms with Crippen LogP contribution in [0.1, 0.15) is 31.6 Å². The third-order valence-electron chi connectivity index (χ3n) is 5.00. The molecule has 0 N–H and O–H groups in total. The predicted molar refractivity (Wildman–Crippen MR) is 113 cm³/mol. The highest BCUT2D eigenvalue weighted by Gasteiger charge is 2.36. The molecule has 162 valence electrons. The van der Waals surface area contributed by atoms with Crippen molar-refractivity contribution >= 4 is 23.2 Å². The Morgan fingerprint density at radius 2 is 2.10 bits per heavy atom. The summed E-state index contributed by atoms with van der Waals surface area (Å²) < 4.78 is 29.9. The minimum Gasteiger partial charge on any atom is -0.493 e. The Morgan fingerprint density at radius 3 is 2.84 bits per heavy atom. The van der Waals surface area contributed by atoms with E-state index in [1.165, 1.54) is 23.1 Å². The van der Waals surface area contributed by atoms with Crippen molar-refractivity contribution in [2.24, 2.45) is 0 Å². The van der Waals surface area contributed by atoms with Crippen molar-refractivity contribution in [3.63, 3.8) is 0 Å². The lowest BCUT2D eigenvalue weighted by Gasteiger charge is -2.17. The van der Waals surface area contributed by atoms with Crippen LogP contribution in [0.2, 0.25) is 5.02 Å². The molecule has 1 aromatic heterocycles. The Morgan fingerprint density at radius 1 is 1.26 bits per heavy atom. The maximum atomic E-state index is 13.3. The summed E-state index contributed by atoms with van der Waals surface area (Å²) in [7, 11) is 1.57. The summed E-state index contributed by atoms with van der Waals surface area (Å²) in [5.74, 6) is 1.08. The molecule has 1 unspecified atom stereocenters. The lowest BCUT2D eigenvalue weighted by atomic mass is 10.1. The van der Waals surface area contributed by atoms with E-state index in [0.717, 1.165) is 6.42 Å². The molecule has 3 aromatic rings. The third kappa shape index (κ3) is 4.34. The smallest absolute Gasteiger partial charge is 0.232 e. The van der Waals surface area contributed by atoms with Crippen molar-refractivity contribution in [2.75, 3.05) is 25.2 Å². The fourth-order valence-electron chi connectivity index (χ4n) is 3.46. The molecular formula is C22H21ClFN3O4. The summed E-state index contributed by atoms with van der Waals surface area (Å²) >= 11 is 6.12. The van der Waals surface area contributed by atoms with Crippen LogP contribution in [0.5, 0.6) is 11.5 Å². The van der Waals surface area contributed by atoms with Gasteiger partial charge in [0.1, 0.15) is 5.82 Å². The van der Waals surface area contributed by atoms with Gasteiger partial charge in [0.2, 0.25) is 17.6 Å². The molecule has 1 atom stereocenters. The Hall–Kier alpha value is -3.13. The van der Waals surface area contributed by atoms with E-state index in [4.69, 9.17) is 25.6 Å². The van der Waals surface area contributed by atoms with Gasteiger partial charge in [-0.3, -0.25) is 4.79 Å². The SMILES string of the molecule is CCCOc1ccc(-c2noc(C3CC(=O)N(c4ccc(F)cc4Cl)C3)n2)cc1OC. The Balaban J connectivity index is 1.53.